The summed E-state index contributed by atoms with van der Waals surface area (Å²) < 4.78 is 0. The molecule has 2 aromatic rings. The molecular weight excluding hydrogens is 322 g/mol. The van der Waals surface area contributed by atoms with Crippen LogP contribution in [0.4, 0.5) is 11.4 Å². The molecule has 0 unspecified atom stereocenters. The van der Waals surface area contributed by atoms with Gasteiger partial charge in [-0.1, -0.05) is 12.1 Å². The second-order valence-corrected chi connectivity index (χ2v) is 6.53. The maximum absolute atomic E-state index is 12.3. The number of para-hydroxylation sites is 1. The third kappa shape index (κ3) is 4.86. The second-order valence-electron chi connectivity index (χ2n) is 5.11. The molecule has 0 fully saturated rings. The van der Waals surface area contributed by atoms with Gasteiger partial charge in [0.15, 0.2) is 0 Å². The molecule has 0 aliphatic carbocycles. The minimum absolute atomic E-state index is 0.126. The normalized spacial score (nSPS) is 11.2. The van der Waals surface area contributed by atoms with Gasteiger partial charge < -0.3 is 10.6 Å². The van der Waals surface area contributed by atoms with Gasteiger partial charge in [0, 0.05) is 17.5 Å². The number of carbonyl (C=O) groups is 2. The molecule has 0 heterocycles. The van der Waals surface area contributed by atoms with E-state index in [1.807, 2.05) is 12.1 Å². The maximum atomic E-state index is 12.3. The summed E-state index contributed by atoms with van der Waals surface area (Å²) in [6.45, 7) is 3.25. The number of nitrogens with zero attached hydrogens (tertiary/aromatic N) is 1. The summed E-state index contributed by atoms with van der Waals surface area (Å²) in [6, 6.07) is 16.2. The van der Waals surface area contributed by atoms with Crippen molar-refractivity contribution in [3.63, 3.8) is 0 Å². The molecule has 2 amide bonds. The summed E-state index contributed by atoms with van der Waals surface area (Å²) in [4.78, 5) is 24.2. The highest BCUT2D eigenvalue weighted by Gasteiger charge is 2.16. The fraction of sp³-hybridized carbons (Fsp3) is 0.167. The lowest BCUT2D eigenvalue weighted by molar-refractivity contribution is -0.115. The number of nitriles is 1. The molecule has 2 N–H and O–H groups in total. The Morgan fingerprint density at radius 2 is 1.75 bits per heavy atom. The van der Waals surface area contributed by atoms with Crippen LogP contribution >= 0.6 is 11.8 Å². The number of rotatable bonds is 5. The van der Waals surface area contributed by atoms with Crippen molar-refractivity contribution in [1.82, 2.24) is 0 Å². The zero-order valence-corrected chi connectivity index (χ0v) is 14.2. The Morgan fingerprint density at radius 1 is 1.08 bits per heavy atom. The molecule has 6 heteroatoms. The second kappa shape index (κ2) is 8.18. The SMILES string of the molecule is CC(=O)Nc1ccc(S[C@H](C)C(=O)Nc2ccccc2C#N)cc1. The van der Waals surface area contributed by atoms with Gasteiger partial charge >= 0.3 is 0 Å². The standard InChI is InChI=1S/C18H17N3O2S/c1-12(18(23)21-17-6-4-3-5-14(17)11-19)24-16-9-7-15(8-10-16)20-13(2)22/h3-10,12H,1-2H3,(H,20,22)(H,21,23)/t12-/m1/s1. The minimum atomic E-state index is -0.330. The third-order valence-electron chi connectivity index (χ3n) is 3.16. The molecule has 0 spiro atoms. The maximum Gasteiger partial charge on any atom is 0.237 e. The summed E-state index contributed by atoms with van der Waals surface area (Å²) in [7, 11) is 0. The Hall–Kier alpha value is -2.78. The fourth-order valence-corrected chi connectivity index (χ4v) is 2.87. The third-order valence-corrected chi connectivity index (χ3v) is 4.27. The van der Waals surface area contributed by atoms with E-state index in [-0.39, 0.29) is 17.1 Å². The van der Waals surface area contributed by atoms with Gasteiger partial charge in [-0.2, -0.15) is 5.26 Å². The van der Waals surface area contributed by atoms with E-state index in [0.717, 1.165) is 4.90 Å². The number of hydrogen-bond acceptors (Lipinski definition) is 4. The number of hydrogen-bond donors (Lipinski definition) is 2. The molecule has 1 atom stereocenters. The van der Waals surface area contributed by atoms with Crippen LogP contribution in [0.5, 0.6) is 0 Å². The zero-order valence-electron chi connectivity index (χ0n) is 13.4. The Balaban J connectivity index is 1.99. The van der Waals surface area contributed by atoms with Crippen LogP contribution in [0.1, 0.15) is 19.4 Å². The Kier molecular flexibility index (Phi) is 5.99. The Bertz CT molecular complexity index is 782. The summed E-state index contributed by atoms with van der Waals surface area (Å²) in [5, 5.41) is 14.2. The first kappa shape index (κ1) is 17.6. The molecule has 0 saturated carbocycles. The molecular formula is C18H17N3O2S. The van der Waals surface area contributed by atoms with Gasteiger partial charge in [0.05, 0.1) is 16.5 Å². The lowest BCUT2D eigenvalue weighted by atomic mass is 10.2. The Morgan fingerprint density at radius 3 is 2.38 bits per heavy atom. The van der Waals surface area contributed by atoms with E-state index >= 15 is 0 Å². The average molecular weight is 339 g/mol. The quantitative estimate of drug-likeness (QED) is 0.815. The van der Waals surface area contributed by atoms with Crippen LogP contribution in [0.15, 0.2) is 53.4 Å². The van der Waals surface area contributed by atoms with Crippen molar-refractivity contribution in [3.8, 4) is 6.07 Å². The van der Waals surface area contributed by atoms with Crippen molar-refractivity contribution in [2.75, 3.05) is 10.6 Å². The molecule has 0 aliphatic heterocycles. The summed E-state index contributed by atoms with van der Waals surface area (Å²) in [5.41, 5.74) is 1.66. The highest BCUT2D eigenvalue weighted by Crippen LogP contribution is 2.26. The molecule has 0 bridgehead atoms. The van der Waals surface area contributed by atoms with Gasteiger partial charge in [-0.05, 0) is 43.3 Å². The van der Waals surface area contributed by atoms with Gasteiger partial charge in [-0.25, -0.2) is 0 Å². The van der Waals surface area contributed by atoms with Crippen molar-refractivity contribution < 1.29 is 9.59 Å². The average Bonchev–Trinajstić information content (AvgIpc) is 2.56. The van der Waals surface area contributed by atoms with Gasteiger partial charge in [0.2, 0.25) is 11.8 Å². The van der Waals surface area contributed by atoms with Crippen LogP contribution in [0.25, 0.3) is 0 Å². The molecule has 0 radical (unpaired) electrons. The topological polar surface area (TPSA) is 82.0 Å². The molecule has 24 heavy (non-hydrogen) atoms. The predicted octanol–water partition coefficient (Wildman–Crippen LogP) is 3.64. The molecule has 2 aromatic carbocycles. The van der Waals surface area contributed by atoms with E-state index in [1.54, 1.807) is 43.3 Å². The number of anilines is 2. The summed E-state index contributed by atoms with van der Waals surface area (Å²) in [5.74, 6) is -0.298. The summed E-state index contributed by atoms with van der Waals surface area (Å²) >= 11 is 1.40. The van der Waals surface area contributed by atoms with Crippen LogP contribution in [0.2, 0.25) is 0 Å². The van der Waals surface area contributed by atoms with Crippen LogP contribution < -0.4 is 10.6 Å². The van der Waals surface area contributed by atoms with Crippen molar-refractivity contribution in [1.29, 1.82) is 5.26 Å². The molecule has 5 nitrogen and oxygen atoms in total. The highest BCUT2D eigenvalue weighted by atomic mass is 32.2. The number of amides is 2. The number of thioether (sulfide) groups is 1. The molecule has 2 rings (SSSR count). The smallest absolute Gasteiger partial charge is 0.237 e. The predicted molar refractivity (Wildman–Crippen MR) is 95.9 cm³/mol. The fourth-order valence-electron chi connectivity index (χ4n) is 2.00. The molecule has 122 valence electrons. The number of benzene rings is 2. The van der Waals surface area contributed by atoms with E-state index in [9.17, 15) is 9.59 Å². The van der Waals surface area contributed by atoms with E-state index in [0.29, 0.717) is 16.9 Å². The first-order valence-corrected chi connectivity index (χ1v) is 8.22. The van der Waals surface area contributed by atoms with E-state index in [1.165, 1.54) is 18.7 Å². The van der Waals surface area contributed by atoms with Crippen LogP contribution in [-0.4, -0.2) is 17.1 Å². The molecule has 0 aliphatic rings. The number of carbonyl (C=O) groups excluding carboxylic acids is 2. The van der Waals surface area contributed by atoms with Crippen molar-refractivity contribution in [3.05, 3.63) is 54.1 Å². The Labute approximate surface area is 145 Å². The van der Waals surface area contributed by atoms with Crippen molar-refractivity contribution >= 4 is 35.0 Å². The highest BCUT2D eigenvalue weighted by molar-refractivity contribution is 8.00. The first-order valence-electron chi connectivity index (χ1n) is 7.34. The minimum Gasteiger partial charge on any atom is -0.326 e. The van der Waals surface area contributed by atoms with Gasteiger partial charge in [-0.3, -0.25) is 9.59 Å². The molecule has 0 saturated heterocycles. The van der Waals surface area contributed by atoms with Crippen LogP contribution in [-0.2, 0) is 9.59 Å². The first-order chi connectivity index (χ1) is 11.5. The molecule has 0 aromatic heterocycles. The number of nitrogens with one attached hydrogen (secondary N) is 2. The van der Waals surface area contributed by atoms with Crippen molar-refractivity contribution in [2.24, 2.45) is 0 Å². The lowest BCUT2D eigenvalue weighted by Gasteiger charge is -2.13. The van der Waals surface area contributed by atoms with Crippen molar-refractivity contribution in [2.45, 2.75) is 24.0 Å². The summed E-state index contributed by atoms with van der Waals surface area (Å²) in [6.07, 6.45) is 0. The van der Waals surface area contributed by atoms with Gasteiger partial charge in [-0.15, -0.1) is 11.8 Å². The van der Waals surface area contributed by atoms with E-state index in [2.05, 4.69) is 16.7 Å². The van der Waals surface area contributed by atoms with Gasteiger partial charge in [0.25, 0.3) is 0 Å². The van der Waals surface area contributed by atoms with E-state index < -0.39 is 0 Å². The van der Waals surface area contributed by atoms with Gasteiger partial charge in [0.1, 0.15) is 6.07 Å². The van der Waals surface area contributed by atoms with E-state index in [4.69, 9.17) is 5.26 Å². The lowest BCUT2D eigenvalue weighted by Crippen LogP contribution is -2.22. The zero-order chi connectivity index (χ0) is 17.5. The largest absolute Gasteiger partial charge is 0.326 e. The van der Waals surface area contributed by atoms with Crippen LogP contribution in [0, 0.1) is 11.3 Å². The monoisotopic (exact) mass is 339 g/mol. The van der Waals surface area contributed by atoms with Crippen LogP contribution in [0.3, 0.4) is 0 Å².